The summed E-state index contributed by atoms with van der Waals surface area (Å²) in [6.07, 6.45) is 2.97. The molecule has 4 aromatic rings. The molecule has 7 nitrogen and oxygen atoms in total. The zero-order valence-electron chi connectivity index (χ0n) is 17.4. The van der Waals surface area contributed by atoms with Gasteiger partial charge < -0.3 is 10.0 Å². The number of hydrogen-bond acceptors (Lipinski definition) is 6. The van der Waals surface area contributed by atoms with E-state index < -0.39 is 11.8 Å². The first-order valence-corrected chi connectivity index (χ1v) is 10.2. The van der Waals surface area contributed by atoms with Crippen molar-refractivity contribution in [3.8, 4) is 5.75 Å². The minimum atomic E-state index is -0.534. The highest BCUT2D eigenvalue weighted by atomic mass is 16.3. The molecule has 1 N–H and O–H groups in total. The highest BCUT2D eigenvalue weighted by Crippen LogP contribution is 2.43. The maximum Gasteiger partial charge on any atom is 0.265 e. The van der Waals surface area contributed by atoms with Crippen LogP contribution in [0.1, 0.15) is 31.8 Å². The summed E-state index contributed by atoms with van der Waals surface area (Å²) in [6, 6.07) is 19.1. The van der Waals surface area contributed by atoms with E-state index in [0.29, 0.717) is 17.7 Å². The Morgan fingerprint density at radius 3 is 2.03 bits per heavy atom. The van der Waals surface area contributed by atoms with Crippen molar-refractivity contribution in [3.63, 3.8) is 0 Å². The van der Waals surface area contributed by atoms with E-state index in [1.807, 2.05) is 72.6 Å². The van der Waals surface area contributed by atoms with Gasteiger partial charge in [-0.1, -0.05) is 60.7 Å². The molecule has 1 aromatic heterocycles. The zero-order chi connectivity index (χ0) is 22.2. The molecule has 0 aliphatic carbocycles. The van der Waals surface area contributed by atoms with E-state index in [1.165, 1.54) is 17.3 Å². The third-order valence-electron chi connectivity index (χ3n) is 5.62. The number of benzene rings is 3. The second kappa shape index (κ2) is 7.77. The summed E-state index contributed by atoms with van der Waals surface area (Å²) in [7, 11) is 1.84. The molecule has 0 spiro atoms. The van der Waals surface area contributed by atoms with Crippen LogP contribution in [-0.2, 0) is 13.1 Å². The molecule has 0 unspecified atom stereocenters. The van der Waals surface area contributed by atoms with Crippen molar-refractivity contribution < 1.29 is 14.7 Å². The molecule has 2 amide bonds. The molecular formula is C25H20N4O3. The molecule has 0 bridgehead atoms. The van der Waals surface area contributed by atoms with Crippen molar-refractivity contribution in [3.05, 3.63) is 95.3 Å². The Balaban J connectivity index is 1.67. The standard InChI is InChI=1S/C25H20N4O3/c1-28(14-16-8-4-2-5-9-16)22-18-19(23(30)21-20(22)26-12-13-27-21)25(32)29(24(18)31)15-17-10-6-3-7-11-17/h2-13,30H,14-15H2,1H3. The number of phenolic OH excluding ortho intramolecular Hbond substituents is 1. The first-order chi connectivity index (χ1) is 15.6. The van der Waals surface area contributed by atoms with Crippen molar-refractivity contribution in [1.82, 2.24) is 14.9 Å². The molecule has 0 saturated heterocycles. The van der Waals surface area contributed by atoms with Crippen LogP contribution in [-0.4, -0.2) is 38.8 Å². The average Bonchev–Trinajstić information content (AvgIpc) is 3.06. The van der Waals surface area contributed by atoms with Crippen LogP contribution < -0.4 is 4.90 Å². The number of fused-ring (bicyclic) bond motifs is 2. The maximum absolute atomic E-state index is 13.5. The van der Waals surface area contributed by atoms with Crippen LogP contribution in [0.2, 0.25) is 0 Å². The highest BCUT2D eigenvalue weighted by Gasteiger charge is 2.42. The fraction of sp³-hybridized carbons (Fsp3) is 0.120. The summed E-state index contributed by atoms with van der Waals surface area (Å²) in [5.74, 6) is -1.30. The molecule has 1 aliphatic rings. The van der Waals surface area contributed by atoms with E-state index in [1.54, 1.807) is 0 Å². The average molecular weight is 424 g/mol. The van der Waals surface area contributed by atoms with Crippen LogP contribution in [0.3, 0.4) is 0 Å². The van der Waals surface area contributed by atoms with Crippen LogP contribution in [0.15, 0.2) is 73.1 Å². The molecule has 3 aromatic carbocycles. The van der Waals surface area contributed by atoms with E-state index in [0.717, 1.165) is 11.1 Å². The number of phenols is 1. The van der Waals surface area contributed by atoms with Gasteiger partial charge in [0.15, 0.2) is 5.75 Å². The number of aromatic hydroxyl groups is 1. The van der Waals surface area contributed by atoms with Crippen LogP contribution in [0.4, 0.5) is 5.69 Å². The summed E-state index contributed by atoms with van der Waals surface area (Å²) in [5, 5.41) is 10.9. The maximum atomic E-state index is 13.5. The van der Waals surface area contributed by atoms with Gasteiger partial charge in [-0.3, -0.25) is 19.5 Å². The molecule has 7 heteroatoms. The van der Waals surface area contributed by atoms with Crippen molar-refractivity contribution >= 4 is 28.5 Å². The third kappa shape index (κ3) is 3.15. The molecule has 1 aliphatic heterocycles. The number of amides is 2. The van der Waals surface area contributed by atoms with Gasteiger partial charge in [0.05, 0.1) is 23.4 Å². The zero-order valence-corrected chi connectivity index (χ0v) is 17.4. The number of anilines is 1. The fourth-order valence-electron chi connectivity index (χ4n) is 4.15. The molecule has 2 heterocycles. The first-order valence-electron chi connectivity index (χ1n) is 10.2. The second-order valence-corrected chi connectivity index (χ2v) is 7.72. The van der Waals surface area contributed by atoms with Gasteiger partial charge in [0.2, 0.25) is 0 Å². The van der Waals surface area contributed by atoms with Crippen molar-refractivity contribution in [2.45, 2.75) is 13.1 Å². The molecule has 32 heavy (non-hydrogen) atoms. The van der Waals surface area contributed by atoms with Gasteiger partial charge in [-0.25, -0.2) is 4.98 Å². The monoisotopic (exact) mass is 424 g/mol. The van der Waals surface area contributed by atoms with Crippen LogP contribution in [0.5, 0.6) is 5.75 Å². The minimum Gasteiger partial charge on any atom is -0.505 e. The van der Waals surface area contributed by atoms with Gasteiger partial charge in [0, 0.05) is 26.0 Å². The lowest BCUT2D eigenvalue weighted by Crippen LogP contribution is -2.29. The van der Waals surface area contributed by atoms with Gasteiger partial charge in [0.25, 0.3) is 11.8 Å². The SMILES string of the molecule is CN(Cc1ccccc1)c1c2c(c(O)c3nccnc13)C(=O)N(Cc1ccccc1)C2=O. The van der Waals surface area contributed by atoms with Crippen molar-refractivity contribution in [2.75, 3.05) is 11.9 Å². The topological polar surface area (TPSA) is 86.6 Å². The number of carbonyl (C=O) groups excluding carboxylic acids is 2. The Morgan fingerprint density at radius 1 is 0.812 bits per heavy atom. The van der Waals surface area contributed by atoms with E-state index in [-0.39, 0.29) is 28.9 Å². The molecule has 0 radical (unpaired) electrons. The Bertz CT molecular complexity index is 1340. The smallest absolute Gasteiger partial charge is 0.265 e. The predicted octanol–water partition coefficient (Wildman–Crippen LogP) is 3.77. The number of carbonyl (C=O) groups is 2. The van der Waals surface area contributed by atoms with Gasteiger partial charge in [0.1, 0.15) is 11.0 Å². The molecule has 158 valence electrons. The quantitative estimate of drug-likeness (QED) is 0.491. The number of aromatic nitrogens is 2. The first kappa shape index (κ1) is 19.7. The van der Waals surface area contributed by atoms with Crippen LogP contribution in [0.25, 0.3) is 11.0 Å². The summed E-state index contributed by atoms with van der Waals surface area (Å²) >= 11 is 0. The number of rotatable bonds is 5. The molecule has 5 rings (SSSR count). The Morgan fingerprint density at radius 2 is 1.38 bits per heavy atom. The molecule has 0 saturated carbocycles. The molecule has 0 atom stereocenters. The van der Waals surface area contributed by atoms with E-state index in [9.17, 15) is 14.7 Å². The number of hydrogen-bond donors (Lipinski definition) is 1. The van der Waals surface area contributed by atoms with Crippen LogP contribution in [0, 0.1) is 0 Å². The summed E-state index contributed by atoms with van der Waals surface area (Å²) in [5.41, 5.74) is 3.06. The lowest BCUT2D eigenvalue weighted by atomic mass is 10.0. The van der Waals surface area contributed by atoms with Crippen LogP contribution >= 0.6 is 0 Å². The molecule has 0 fully saturated rings. The lowest BCUT2D eigenvalue weighted by molar-refractivity contribution is 0.0642. The van der Waals surface area contributed by atoms with E-state index >= 15 is 0 Å². The van der Waals surface area contributed by atoms with E-state index in [2.05, 4.69) is 9.97 Å². The highest BCUT2D eigenvalue weighted by molar-refractivity contribution is 6.28. The minimum absolute atomic E-state index is 0.0196. The van der Waals surface area contributed by atoms with Crippen molar-refractivity contribution in [2.24, 2.45) is 0 Å². The van der Waals surface area contributed by atoms with Gasteiger partial charge >= 0.3 is 0 Å². The number of imide groups is 1. The lowest BCUT2D eigenvalue weighted by Gasteiger charge is -2.23. The third-order valence-corrected chi connectivity index (χ3v) is 5.62. The second-order valence-electron chi connectivity index (χ2n) is 7.72. The molecular weight excluding hydrogens is 404 g/mol. The summed E-state index contributed by atoms with van der Waals surface area (Å²) in [6.45, 7) is 0.607. The van der Waals surface area contributed by atoms with Crippen molar-refractivity contribution in [1.29, 1.82) is 0 Å². The predicted molar refractivity (Wildman–Crippen MR) is 120 cm³/mol. The Labute approximate surface area is 184 Å². The summed E-state index contributed by atoms with van der Waals surface area (Å²) < 4.78 is 0. The number of nitrogens with zero attached hydrogens (tertiary/aromatic N) is 4. The Hall–Kier alpha value is -4.26. The normalized spacial score (nSPS) is 13.0. The fourth-order valence-corrected chi connectivity index (χ4v) is 4.15. The van der Waals surface area contributed by atoms with Gasteiger partial charge in [-0.15, -0.1) is 0 Å². The van der Waals surface area contributed by atoms with Gasteiger partial charge in [-0.2, -0.15) is 0 Å². The van der Waals surface area contributed by atoms with E-state index in [4.69, 9.17) is 0 Å². The van der Waals surface area contributed by atoms with Gasteiger partial charge in [-0.05, 0) is 11.1 Å². The largest absolute Gasteiger partial charge is 0.505 e. The summed E-state index contributed by atoms with van der Waals surface area (Å²) in [4.78, 5) is 38.5. The Kier molecular flexibility index (Phi) is 4.78.